The highest BCUT2D eigenvalue weighted by Crippen LogP contribution is 2.20. The van der Waals surface area contributed by atoms with E-state index >= 15 is 0 Å². The fraction of sp³-hybridized carbons (Fsp3) is 0.524. The van der Waals surface area contributed by atoms with Crippen LogP contribution in [0.2, 0.25) is 0 Å². The van der Waals surface area contributed by atoms with Gasteiger partial charge in [0.1, 0.15) is 0 Å². The van der Waals surface area contributed by atoms with Gasteiger partial charge in [0.25, 0.3) is 0 Å². The molecule has 2 heterocycles. The molecule has 0 bridgehead atoms. The van der Waals surface area contributed by atoms with E-state index in [2.05, 4.69) is 45.5 Å². The fourth-order valence-electron chi connectivity index (χ4n) is 3.59. The van der Waals surface area contributed by atoms with E-state index < -0.39 is 0 Å². The topological polar surface area (TPSA) is 48.5 Å². The summed E-state index contributed by atoms with van der Waals surface area (Å²) in [5.74, 6) is 0.574. The molecule has 146 valence electrons. The molecule has 0 aliphatic carbocycles. The molecule has 27 heavy (non-hydrogen) atoms. The maximum Gasteiger partial charge on any atom is 0.317 e. The summed E-state index contributed by atoms with van der Waals surface area (Å²) in [4.78, 5) is 21.3. The number of thiazole rings is 1. The smallest absolute Gasteiger partial charge is 0.317 e. The number of aromatic nitrogens is 1. The minimum atomic E-state index is -0.0578. The second kappa shape index (κ2) is 9.33. The molecule has 6 heteroatoms. The van der Waals surface area contributed by atoms with E-state index in [1.165, 1.54) is 5.56 Å². The third-order valence-electron chi connectivity index (χ3n) is 5.26. The van der Waals surface area contributed by atoms with Crippen LogP contribution in [0.1, 0.15) is 42.1 Å². The number of carbonyl (C=O) groups is 1. The molecule has 1 atom stereocenters. The van der Waals surface area contributed by atoms with Crippen molar-refractivity contribution in [3.05, 3.63) is 52.0 Å². The number of carbonyl (C=O) groups excluding carboxylic acids is 1. The van der Waals surface area contributed by atoms with Gasteiger partial charge >= 0.3 is 6.03 Å². The van der Waals surface area contributed by atoms with Gasteiger partial charge in [-0.05, 0) is 51.3 Å². The van der Waals surface area contributed by atoms with Crippen LogP contribution in [-0.2, 0) is 6.54 Å². The average molecular weight is 387 g/mol. The lowest BCUT2D eigenvalue weighted by atomic mass is 9.96. The van der Waals surface area contributed by atoms with Crippen LogP contribution >= 0.6 is 11.3 Å². The summed E-state index contributed by atoms with van der Waals surface area (Å²) in [6.45, 7) is 8.01. The molecule has 1 aromatic carbocycles. The second-order valence-electron chi connectivity index (χ2n) is 7.55. The highest BCUT2D eigenvalue weighted by Gasteiger charge is 2.23. The number of urea groups is 1. The second-order valence-corrected chi connectivity index (χ2v) is 8.61. The molecule has 0 radical (unpaired) electrons. The minimum absolute atomic E-state index is 0.0140. The molecule has 1 aromatic heterocycles. The molecule has 1 fully saturated rings. The van der Waals surface area contributed by atoms with Crippen LogP contribution in [0.5, 0.6) is 0 Å². The van der Waals surface area contributed by atoms with Crippen molar-refractivity contribution in [1.82, 2.24) is 20.1 Å². The number of hydrogen-bond acceptors (Lipinski definition) is 4. The van der Waals surface area contributed by atoms with Crippen molar-refractivity contribution in [1.29, 1.82) is 0 Å². The van der Waals surface area contributed by atoms with Crippen molar-refractivity contribution in [2.24, 2.45) is 5.92 Å². The van der Waals surface area contributed by atoms with Crippen LogP contribution in [0.3, 0.4) is 0 Å². The average Bonchev–Trinajstić information content (AvgIpc) is 3.10. The predicted octanol–water partition coefficient (Wildman–Crippen LogP) is 4.07. The van der Waals surface area contributed by atoms with Crippen molar-refractivity contribution < 1.29 is 4.79 Å². The van der Waals surface area contributed by atoms with Crippen LogP contribution in [0, 0.1) is 12.8 Å². The first-order valence-electron chi connectivity index (χ1n) is 9.71. The summed E-state index contributed by atoms with van der Waals surface area (Å²) >= 11 is 1.62. The van der Waals surface area contributed by atoms with Crippen LogP contribution in [0.25, 0.3) is 0 Å². The van der Waals surface area contributed by atoms with E-state index in [1.54, 1.807) is 11.3 Å². The first-order valence-corrected chi connectivity index (χ1v) is 10.6. The number of benzene rings is 1. The van der Waals surface area contributed by atoms with Crippen LogP contribution in [0.15, 0.2) is 35.7 Å². The summed E-state index contributed by atoms with van der Waals surface area (Å²) in [6, 6.07) is 10.6. The lowest BCUT2D eigenvalue weighted by Gasteiger charge is -2.34. The monoisotopic (exact) mass is 386 g/mol. The molecule has 0 spiro atoms. The number of aryl methyl sites for hydroxylation is 1. The summed E-state index contributed by atoms with van der Waals surface area (Å²) < 4.78 is 0. The first-order chi connectivity index (χ1) is 13.0. The maximum absolute atomic E-state index is 12.5. The molecule has 1 unspecified atom stereocenters. The van der Waals surface area contributed by atoms with E-state index in [0.29, 0.717) is 5.92 Å². The van der Waals surface area contributed by atoms with Crippen LogP contribution < -0.4 is 5.32 Å². The number of nitrogens with zero attached hydrogens (tertiary/aromatic N) is 3. The lowest BCUT2D eigenvalue weighted by Crippen LogP contribution is -2.43. The molecular formula is C21H30N4OS. The molecule has 1 aliphatic heterocycles. The van der Waals surface area contributed by atoms with Crippen molar-refractivity contribution >= 4 is 17.4 Å². The van der Waals surface area contributed by atoms with Gasteiger partial charge in [0.2, 0.25) is 0 Å². The Morgan fingerprint density at radius 2 is 2.04 bits per heavy atom. The Balaban J connectivity index is 1.40. The summed E-state index contributed by atoms with van der Waals surface area (Å²) in [6.07, 6.45) is 2.29. The van der Waals surface area contributed by atoms with Gasteiger partial charge in [0, 0.05) is 25.5 Å². The number of nitrogens with one attached hydrogen (secondary N) is 1. The zero-order valence-corrected chi connectivity index (χ0v) is 17.3. The molecule has 1 N–H and O–H groups in total. The molecule has 1 saturated heterocycles. The van der Waals surface area contributed by atoms with Crippen LogP contribution in [-0.4, -0.2) is 47.5 Å². The van der Waals surface area contributed by atoms with E-state index in [4.69, 9.17) is 0 Å². The van der Waals surface area contributed by atoms with Gasteiger partial charge in [-0.15, -0.1) is 11.3 Å². The zero-order chi connectivity index (χ0) is 19.2. The Bertz CT molecular complexity index is 725. The number of likely N-dealkylation sites (tertiary alicyclic amines) is 1. The van der Waals surface area contributed by atoms with Crippen LogP contribution in [0.4, 0.5) is 4.79 Å². The van der Waals surface area contributed by atoms with Gasteiger partial charge in [-0.3, -0.25) is 4.90 Å². The fourth-order valence-corrected chi connectivity index (χ4v) is 4.29. The molecule has 5 nitrogen and oxygen atoms in total. The number of amides is 2. The van der Waals surface area contributed by atoms with E-state index in [9.17, 15) is 4.79 Å². The highest BCUT2D eigenvalue weighted by molar-refractivity contribution is 7.09. The number of rotatable bonds is 6. The van der Waals surface area contributed by atoms with Gasteiger partial charge in [-0.1, -0.05) is 30.3 Å². The van der Waals surface area contributed by atoms with Gasteiger partial charge in [-0.2, -0.15) is 0 Å². The Morgan fingerprint density at radius 1 is 1.33 bits per heavy atom. The third-order valence-corrected chi connectivity index (χ3v) is 6.05. The zero-order valence-electron chi connectivity index (χ0n) is 16.5. The Hall–Kier alpha value is -1.92. The summed E-state index contributed by atoms with van der Waals surface area (Å²) in [5.41, 5.74) is 2.31. The van der Waals surface area contributed by atoms with Crippen molar-refractivity contribution in [2.45, 2.75) is 39.3 Å². The maximum atomic E-state index is 12.5. The molecule has 3 rings (SSSR count). The summed E-state index contributed by atoms with van der Waals surface area (Å²) in [7, 11) is 1.89. The molecule has 0 saturated carbocycles. The van der Waals surface area contributed by atoms with Gasteiger partial charge in [-0.25, -0.2) is 9.78 Å². The first kappa shape index (κ1) is 19.8. The summed E-state index contributed by atoms with van der Waals surface area (Å²) in [5, 5.41) is 6.11. The van der Waals surface area contributed by atoms with Crippen molar-refractivity contribution in [3.8, 4) is 0 Å². The minimum Gasteiger partial charge on any atom is -0.330 e. The molecular weight excluding hydrogens is 356 g/mol. The normalized spacial score (nSPS) is 16.9. The van der Waals surface area contributed by atoms with Crippen molar-refractivity contribution in [3.63, 3.8) is 0 Å². The Morgan fingerprint density at radius 3 is 2.67 bits per heavy atom. The van der Waals surface area contributed by atoms with E-state index in [0.717, 1.165) is 49.7 Å². The Kier molecular flexibility index (Phi) is 6.85. The quantitative estimate of drug-likeness (QED) is 0.814. The molecule has 1 aliphatic rings. The van der Waals surface area contributed by atoms with E-state index in [1.807, 2.05) is 31.2 Å². The SMILES string of the molecule is Cc1nc(C(C)NC(=O)N(C)CC2CCN(Cc3ccccc3)CC2)cs1. The molecule has 2 amide bonds. The van der Waals surface area contributed by atoms with Crippen molar-refractivity contribution in [2.75, 3.05) is 26.7 Å². The standard InChI is InChI=1S/C21H30N4OS/c1-16(20-15-27-17(2)23-20)22-21(26)24(3)13-19-9-11-25(12-10-19)14-18-7-5-4-6-8-18/h4-8,15-16,19H,9-14H2,1-3H3,(H,22,26). The van der Waals surface area contributed by atoms with Gasteiger partial charge < -0.3 is 10.2 Å². The van der Waals surface area contributed by atoms with Gasteiger partial charge in [0.05, 0.1) is 16.7 Å². The highest BCUT2D eigenvalue weighted by atomic mass is 32.1. The lowest BCUT2D eigenvalue weighted by molar-refractivity contribution is 0.149. The number of piperidine rings is 1. The molecule has 2 aromatic rings. The Labute approximate surface area is 166 Å². The largest absolute Gasteiger partial charge is 0.330 e. The predicted molar refractivity (Wildman–Crippen MR) is 111 cm³/mol. The third kappa shape index (κ3) is 5.78. The number of hydrogen-bond donors (Lipinski definition) is 1. The van der Waals surface area contributed by atoms with E-state index in [-0.39, 0.29) is 12.1 Å². The van der Waals surface area contributed by atoms with Gasteiger partial charge in [0.15, 0.2) is 0 Å².